The zero-order chi connectivity index (χ0) is 8.59. The van der Waals surface area contributed by atoms with Crippen molar-refractivity contribution in [3.8, 4) is 0 Å². The predicted molar refractivity (Wildman–Crippen MR) is 45.1 cm³/mol. The standard InChI is InChI=1S/C7H11NO2S/c1-4(2)5-8(3)6(11)7(9)10-5/h4-5H,1-3H3. The maximum atomic E-state index is 10.9. The SMILES string of the molecule is CC(C)C1OC(=O)C(=S)N1C. The molecule has 0 aliphatic carbocycles. The molecular formula is C7H11NO2S. The number of ether oxygens (including phenoxy) is 1. The molecule has 1 saturated heterocycles. The molecule has 1 aliphatic heterocycles. The van der Waals surface area contributed by atoms with Crippen molar-refractivity contribution in [2.75, 3.05) is 7.05 Å². The van der Waals surface area contributed by atoms with Crippen LogP contribution in [0.4, 0.5) is 0 Å². The molecule has 1 unspecified atom stereocenters. The first kappa shape index (κ1) is 8.46. The van der Waals surface area contributed by atoms with E-state index in [1.54, 1.807) is 11.9 Å². The lowest BCUT2D eigenvalue weighted by atomic mass is 10.2. The number of likely N-dealkylation sites (N-methyl/N-ethyl adjacent to an activating group) is 1. The van der Waals surface area contributed by atoms with Crippen LogP contribution in [-0.4, -0.2) is 29.1 Å². The van der Waals surface area contributed by atoms with Crippen LogP contribution < -0.4 is 0 Å². The minimum atomic E-state index is -0.374. The van der Waals surface area contributed by atoms with Crippen molar-refractivity contribution in [1.29, 1.82) is 0 Å². The van der Waals surface area contributed by atoms with Crippen molar-refractivity contribution in [1.82, 2.24) is 4.90 Å². The molecule has 1 rings (SSSR count). The lowest BCUT2D eigenvalue weighted by molar-refractivity contribution is -0.141. The molecule has 0 N–H and O–H groups in total. The minimum Gasteiger partial charge on any atom is -0.436 e. The molecule has 0 radical (unpaired) electrons. The number of carbonyl (C=O) groups excluding carboxylic acids is 1. The van der Waals surface area contributed by atoms with Gasteiger partial charge in [-0.1, -0.05) is 26.1 Å². The number of thiocarbonyl (C=S) groups is 1. The first-order valence-electron chi connectivity index (χ1n) is 3.52. The fourth-order valence-corrected chi connectivity index (χ4v) is 1.23. The Morgan fingerprint density at radius 1 is 1.64 bits per heavy atom. The average Bonchev–Trinajstić information content (AvgIpc) is 2.17. The van der Waals surface area contributed by atoms with E-state index in [0.717, 1.165) is 0 Å². The van der Waals surface area contributed by atoms with Crippen molar-refractivity contribution < 1.29 is 9.53 Å². The number of nitrogens with zero attached hydrogens (tertiary/aromatic N) is 1. The topological polar surface area (TPSA) is 29.5 Å². The number of hydrogen-bond acceptors (Lipinski definition) is 3. The molecule has 0 bridgehead atoms. The van der Waals surface area contributed by atoms with Gasteiger partial charge in [0.2, 0.25) is 0 Å². The molecule has 1 aliphatic rings. The van der Waals surface area contributed by atoms with Gasteiger partial charge in [0.15, 0.2) is 11.2 Å². The summed E-state index contributed by atoms with van der Waals surface area (Å²) in [5.41, 5.74) is 0. The number of rotatable bonds is 1. The van der Waals surface area contributed by atoms with Crippen LogP contribution in [0.1, 0.15) is 13.8 Å². The second-order valence-corrected chi connectivity index (χ2v) is 3.34. The summed E-state index contributed by atoms with van der Waals surface area (Å²) in [6, 6.07) is 0. The Bertz CT molecular complexity index is 203. The van der Waals surface area contributed by atoms with Crippen LogP contribution in [0.2, 0.25) is 0 Å². The zero-order valence-corrected chi connectivity index (χ0v) is 7.64. The van der Waals surface area contributed by atoms with Gasteiger partial charge in [0.25, 0.3) is 0 Å². The molecule has 0 amide bonds. The average molecular weight is 173 g/mol. The molecule has 0 aromatic rings. The van der Waals surface area contributed by atoms with E-state index in [4.69, 9.17) is 17.0 Å². The van der Waals surface area contributed by atoms with Crippen molar-refractivity contribution in [2.45, 2.75) is 20.1 Å². The van der Waals surface area contributed by atoms with E-state index in [1.807, 2.05) is 13.8 Å². The smallest absolute Gasteiger partial charge is 0.368 e. The highest BCUT2D eigenvalue weighted by Gasteiger charge is 2.35. The Morgan fingerprint density at radius 3 is 2.36 bits per heavy atom. The van der Waals surface area contributed by atoms with Crippen LogP contribution in [0.5, 0.6) is 0 Å². The molecular weight excluding hydrogens is 162 g/mol. The predicted octanol–water partition coefficient (Wildman–Crippen LogP) is 0.784. The van der Waals surface area contributed by atoms with E-state index in [-0.39, 0.29) is 23.1 Å². The fourth-order valence-electron chi connectivity index (χ4n) is 1.08. The van der Waals surface area contributed by atoms with E-state index in [0.29, 0.717) is 0 Å². The highest BCUT2D eigenvalue weighted by molar-refractivity contribution is 7.81. The monoisotopic (exact) mass is 173 g/mol. The van der Waals surface area contributed by atoms with E-state index < -0.39 is 0 Å². The Balaban J connectivity index is 2.75. The lowest BCUT2D eigenvalue weighted by Crippen LogP contribution is -2.32. The highest BCUT2D eigenvalue weighted by Crippen LogP contribution is 2.18. The Labute approximate surface area is 71.3 Å². The Hall–Kier alpha value is -0.640. The van der Waals surface area contributed by atoms with E-state index >= 15 is 0 Å². The third kappa shape index (κ3) is 1.35. The van der Waals surface area contributed by atoms with E-state index in [9.17, 15) is 4.79 Å². The summed E-state index contributed by atoms with van der Waals surface area (Å²) in [5, 5.41) is 0. The molecule has 4 heteroatoms. The van der Waals surface area contributed by atoms with Crippen LogP contribution in [0.3, 0.4) is 0 Å². The second-order valence-electron chi connectivity index (χ2n) is 2.96. The number of hydrogen-bond donors (Lipinski definition) is 0. The molecule has 1 atom stereocenters. The fraction of sp³-hybridized carbons (Fsp3) is 0.714. The van der Waals surface area contributed by atoms with Gasteiger partial charge in [-0.05, 0) is 0 Å². The van der Waals surface area contributed by atoms with Crippen LogP contribution in [0.25, 0.3) is 0 Å². The van der Waals surface area contributed by atoms with Gasteiger partial charge in [0.1, 0.15) is 0 Å². The van der Waals surface area contributed by atoms with Gasteiger partial charge in [-0.25, -0.2) is 4.79 Å². The number of carbonyl (C=O) groups is 1. The van der Waals surface area contributed by atoms with Crippen molar-refractivity contribution >= 4 is 23.2 Å². The molecule has 1 heterocycles. The normalized spacial score (nSPS) is 24.7. The quantitative estimate of drug-likeness (QED) is 0.433. The van der Waals surface area contributed by atoms with E-state index in [1.165, 1.54) is 0 Å². The Kier molecular flexibility index (Phi) is 2.13. The van der Waals surface area contributed by atoms with Gasteiger partial charge in [-0.2, -0.15) is 0 Å². The Morgan fingerprint density at radius 2 is 2.18 bits per heavy atom. The van der Waals surface area contributed by atoms with Crippen LogP contribution in [0, 0.1) is 5.92 Å². The van der Waals surface area contributed by atoms with Gasteiger partial charge in [-0.3, -0.25) is 0 Å². The summed E-state index contributed by atoms with van der Waals surface area (Å²) in [7, 11) is 1.78. The van der Waals surface area contributed by atoms with Crippen LogP contribution in [0.15, 0.2) is 0 Å². The summed E-state index contributed by atoms with van der Waals surface area (Å²) in [6.07, 6.45) is -0.171. The van der Waals surface area contributed by atoms with E-state index in [2.05, 4.69) is 0 Å². The maximum absolute atomic E-state index is 10.9. The molecule has 3 nitrogen and oxygen atoms in total. The van der Waals surface area contributed by atoms with Gasteiger partial charge in [0, 0.05) is 13.0 Å². The van der Waals surface area contributed by atoms with Crippen molar-refractivity contribution in [2.24, 2.45) is 5.92 Å². The lowest BCUT2D eigenvalue weighted by Gasteiger charge is -2.20. The van der Waals surface area contributed by atoms with Crippen LogP contribution >= 0.6 is 12.2 Å². The largest absolute Gasteiger partial charge is 0.436 e. The summed E-state index contributed by atoms with van der Waals surface area (Å²) >= 11 is 4.81. The van der Waals surface area contributed by atoms with Crippen LogP contribution in [-0.2, 0) is 9.53 Å². The zero-order valence-electron chi connectivity index (χ0n) is 6.83. The minimum absolute atomic E-state index is 0.171. The van der Waals surface area contributed by atoms with Crippen molar-refractivity contribution in [3.05, 3.63) is 0 Å². The van der Waals surface area contributed by atoms with Gasteiger partial charge >= 0.3 is 5.97 Å². The molecule has 0 saturated carbocycles. The first-order valence-corrected chi connectivity index (χ1v) is 3.92. The maximum Gasteiger partial charge on any atom is 0.368 e. The summed E-state index contributed by atoms with van der Waals surface area (Å²) in [6.45, 7) is 3.98. The molecule has 62 valence electrons. The number of esters is 1. The summed E-state index contributed by atoms with van der Waals surface area (Å²) < 4.78 is 4.99. The molecule has 11 heavy (non-hydrogen) atoms. The molecule has 0 aromatic carbocycles. The third-order valence-corrected chi connectivity index (χ3v) is 2.13. The summed E-state index contributed by atoms with van der Waals surface area (Å²) in [4.78, 5) is 12.9. The van der Waals surface area contributed by atoms with Gasteiger partial charge in [-0.15, -0.1) is 0 Å². The van der Waals surface area contributed by atoms with Gasteiger partial charge in [0.05, 0.1) is 0 Å². The van der Waals surface area contributed by atoms with Gasteiger partial charge < -0.3 is 9.64 Å². The third-order valence-electron chi connectivity index (χ3n) is 1.67. The number of cyclic esters (lactones) is 1. The second kappa shape index (κ2) is 2.77. The highest BCUT2D eigenvalue weighted by atomic mass is 32.1. The summed E-state index contributed by atoms with van der Waals surface area (Å²) in [5.74, 6) is -0.0920. The first-order chi connectivity index (χ1) is 5.04. The molecule has 0 aromatic heterocycles. The van der Waals surface area contributed by atoms with Crippen molar-refractivity contribution in [3.63, 3.8) is 0 Å². The molecule has 1 fully saturated rings. The molecule has 0 spiro atoms.